The zero-order valence-corrected chi connectivity index (χ0v) is 10.3. The SMILES string of the molecule is Cl.S=c1c2ccccc2nc2n1CCS2. The maximum Gasteiger partial charge on any atom is 0.169 e. The van der Waals surface area contributed by atoms with Gasteiger partial charge >= 0.3 is 0 Å². The minimum atomic E-state index is 0. The number of benzene rings is 1. The van der Waals surface area contributed by atoms with Gasteiger partial charge < -0.3 is 4.57 Å². The highest BCUT2D eigenvalue weighted by molar-refractivity contribution is 7.99. The molecule has 1 aromatic heterocycles. The zero-order chi connectivity index (χ0) is 9.54. The normalized spacial score (nSPS) is 13.6. The Morgan fingerprint density at radius 2 is 2.13 bits per heavy atom. The van der Waals surface area contributed by atoms with Crippen LogP contribution in [0.5, 0.6) is 0 Å². The van der Waals surface area contributed by atoms with Crippen LogP contribution in [0.3, 0.4) is 0 Å². The standard InChI is InChI=1S/C10H8N2S2.ClH/c13-9-7-3-1-2-4-8(7)11-10-12(9)5-6-14-10;/h1-4H,5-6H2;1H. The summed E-state index contributed by atoms with van der Waals surface area (Å²) in [6.45, 7) is 0.997. The predicted octanol–water partition coefficient (Wildman–Crippen LogP) is 3.29. The third-order valence-corrected chi connectivity index (χ3v) is 3.77. The number of hydrogen-bond acceptors (Lipinski definition) is 3. The Balaban J connectivity index is 0.000000853. The van der Waals surface area contributed by atoms with E-state index in [-0.39, 0.29) is 12.4 Å². The first-order chi connectivity index (χ1) is 6.86. The van der Waals surface area contributed by atoms with Crippen molar-refractivity contribution in [3.8, 4) is 0 Å². The molecule has 0 atom stereocenters. The number of thioether (sulfide) groups is 1. The molecule has 1 aliphatic heterocycles. The fourth-order valence-corrected chi connectivity index (χ4v) is 3.05. The van der Waals surface area contributed by atoms with Crippen LogP contribution in [-0.2, 0) is 6.54 Å². The van der Waals surface area contributed by atoms with Gasteiger partial charge in [0.1, 0.15) is 4.64 Å². The van der Waals surface area contributed by atoms with Crippen LogP contribution in [0.1, 0.15) is 0 Å². The first-order valence-corrected chi connectivity index (χ1v) is 5.88. The molecular weight excluding hydrogens is 248 g/mol. The first kappa shape index (κ1) is 10.9. The van der Waals surface area contributed by atoms with Crippen LogP contribution < -0.4 is 0 Å². The third kappa shape index (κ3) is 1.67. The molecule has 0 fully saturated rings. The van der Waals surface area contributed by atoms with E-state index in [1.54, 1.807) is 11.8 Å². The van der Waals surface area contributed by atoms with Gasteiger partial charge in [-0.1, -0.05) is 36.1 Å². The van der Waals surface area contributed by atoms with Crippen molar-refractivity contribution >= 4 is 47.3 Å². The number of hydrogen-bond donors (Lipinski definition) is 0. The highest BCUT2D eigenvalue weighted by Gasteiger charge is 2.13. The van der Waals surface area contributed by atoms with E-state index in [9.17, 15) is 0 Å². The monoisotopic (exact) mass is 256 g/mol. The summed E-state index contributed by atoms with van der Waals surface area (Å²) in [6, 6.07) is 8.07. The Bertz CT molecular complexity index is 565. The molecule has 0 N–H and O–H groups in total. The van der Waals surface area contributed by atoms with E-state index in [0.29, 0.717) is 0 Å². The molecule has 0 unspecified atom stereocenters. The molecule has 15 heavy (non-hydrogen) atoms. The van der Waals surface area contributed by atoms with Crippen molar-refractivity contribution in [1.29, 1.82) is 0 Å². The van der Waals surface area contributed by atoms with Gasteiger partial charge in [0.2, 0.25) is 0 Å². The van der Waals surface area contributed by atoms with Crippen molar-refractivity contribution in [2.75, 3.05) is 5.75 Å². The fourth-order valence-electron chi connectivity index (χ4n) is 1.68. The Hall–Kier alpha value is -0.580. The Labute approximate surface area is 103 Å². The maximum absolute atomic E-state index is 5.43. The quantitative estimate of drug-likeness (QED) is 0.532. The summed E-state index contributed by atoms with van der Waals surface area (Å²) in [5, 5.41) is 2.16. The number of para-hydroxylation sites is 1. The van der Waals surface area contributed by atoms with Gasteiger partial charge in [0.15, 0.2) is 5.16 Å². The van der Waals surface area contributed by atoms with Crippen molar-refractivity contribution < 1.29 is 0 Å². The lowest BCUT2D eigenvalue weighted by atomic mass is 10.2. The van der Waals surface area contributed by atoms with Gasteiger partial charge in [0, 0.05) is 17.7 Å². The summed E-state index contributed by atoms with van der Waals surface area (Å²) in [5.74, 6) is 1.09. The number of halogens is 1. The summed E-state index contributed by atoms with van der Waals surface area (Å²) in [7, 11) is 0. The molecule has 78 valence electrons. The van der Waals surface area contributed by atoms with Crippen molar-refractivity contribution in [2.45, 2.75) is 11.7 Å². The van der Waals surface area contributed by atoms with E-state index in [4.69, 9.17) is 12.2 Å². The predicted molar refractivity (Wildman–Crippen MR) is 68.5 cm³/mol. The Morgan fingerprint density at radius 1 is 1.33 bits per heavy atom. The average Bonchev–Trinajstić information content (AvgIpc) is 2.66. The lowest BCUT2D eigenvalue weighted by molar-refractivity contribution is 0.684. The molecule has 5 heteroatoms. The van der Waals surface area contributed by atoms with Crippen LogP contribution >= 0.6 is 36.4 Å². The van der Waals surface area contributed by atoms with Crippen LogP contribution in [0.4, 0.5) is 0 Å². The molecule has 2 heterocycles. The summed E-state index contributed by atoms with van der Waals surface area (Å²) in [4.78, 5) is 4.58. The summed E-state index contributed by atoms with van der Waals surface area (Å²) < 4.78 is 3.05. The fraction of sp³-hybridized carbons (Fsp3) is 0.200. The molecule has 0 amide bonds. The molecule has 0 saturated carbocycles. The summed E-state index contributed by atoms with van der Waals surface area (Å²) in [6.07, 6.45) is 0. The second kappa shape index (κ2) is 4.12. The Morgan fingerprint density at radius 3 is 3.00 bits per heavy atom. The van der Waals surface area contributed by atoms with Crippen LogP contribution in [-0.4, -0.2) is 15.3 Å². The van der Waals surface area contributed by atoms with E-state index < -0.39 is 0 Å². The topological polar surface area (TPSA) is 17.8 Å². The van der Waals surface area contributed by atoms with Crippen molar-refractivity contribution in [3.63, 3.8) is 0 Å². The van der Waals surface area contributed by atoms with Gasteiger partial charge in [-0.2, -0.15) is 0 Å². The van der Waals surface area contributed by atoms with E-state index in [1.165, 1.54) is 0 Å². The smallest absolute Gasteiger partial charge is 0.169 e. The largest absolute Gasteiger partial charge is 0.310 e. The molecule has 1 aromatic carbocycles. The van der Waals surface area contributed by atoms with Gasteiger partial charge in [-0.15, -0.1) is 12.4 Å². The summed E-state index contributed by atoms with van der Waals surface area (Å²) >= 11 is 7.21. The second-order valence-electron chi connectivity index (χ2n) is 3.22. The lowest BCUT2D eigenvalue weighted by Crippen LogP contribution is -2.00. The first-order valence-electron chi connectivity index (χ1n) is 4.48. The molecule has 0 bridgehead atoms. The van der Waals surface area contributed by atoms with E-state index in [2.05, 4.69) is 9.55 Å². The van der Waals surface area contributed by atoms with Gasteiger partial charge in [0.25, 0.3) is 0 Å². The molecule has 3 rings (SSSR count). The minimum Gasteiger partial charge on any atom is -0.310 e. The van der Waals surface area contributed by atoms with Gasteiger partial charge in [0.05, 0.1) is 5.52 Å². The number of fused-ring (bicyclic) bond motifs is 2. The highest BCUT2D eigenvalue weighted by atomic mass is 35.5. The molecule has 2 aromatic rings. The van der Waals surface area contributed by atoms with Crippen LogP contribution in [0.15, 0.2) is 29.4 Å². The van der Waals surface area contributed by atoms with E-state index in [1.807, 2.05) is 24.3 Å². The maximum atomic E-state index is 5.43. The molecular formula is C10H9ClN2S2. The molecule has 1 aliphatic rings. The number of aromatic nitrogens is 2. The van der Waals surface area contributed by atoms with Crippen LogP contribution in [0, 0.1) is 4.64 Å². The van der Waals surface area contributed by atoms with Gasteiger partial charge in [-0.05, 0) is 12.1 Å². The molecule has 0 radical (unpaired) electrons. The second-order valence-corrected chi connectivity index (χ2v) is 4.67. The van der Waals surface area contributed by atoms with Crippen LogP contribution in [0.25, 0.3) is 10.9 Å². The van der Waals surface area contributed by atoms with Gasteiger partial charge in [-0.25, -0.2) is 4.98 Å². The van der Waals surface area contributed by atoms with Crippen LogP contribution in [0.2, 0.25) is 0 Å². The lowest BCUT2D eigenvalue weighted by Gasteiger charge is -2.04. The zero-order valence-electron chi connectivity index (χ0n) is 7.84. The molecule has 0 saturated heterocycles. The van der Waals surface area contributed by atoms with Crippen molar-refractivity contribution in [3.05, 3.63) is 28.9 Å². The minimum absolute atomic E-state index is 0. The highest BCUT2D eigenvalue weighted by Crippen LogP contribution is 2.27. The summed E-state index contributed by atoms with van der Waals surface area (Å²) in [5.41, 5.74) is 1.01. The van der Waals surface area contributed by atoms with Crippen molar-refractivity contribution in [1.82, 2.24) is 9.55 Å². The van der Waals surface area contributed by atoms with E-state index in [0.717, 1.165) is 33.0 Å². The van der Waals surface area contributed by atoms with E-state index >= 15 is 0 Å². The molecule has 0 aliphatic carbocycles. The number of nitrogens with zero attached hydrogens (tertiary/aromatic N) is 2. The molecule has 0 spiro atoms. The van der Waals surface area contributed by atoms with Gasteiger partial charge in [-0.3, -0.25) is 0 Å². The number of rotatable bonds is 0. The Kier molecular flexibility index (Phi) is 3.00. The molecule has 2 nitrogen and oxygen atoms in total. The van der Waals surface area contributed by atoms with Crippen molar-refractivity contribution in [2.24, 2.45) is 0 Å². The third-order valence-electron chi connectivity index (χ3n) is 2.37. The average molecular weight is 257 g/mol.